The molecule has 0 aliphatic heterocycles. The summed E-state index contributed by atoms with van der Waals surface area (Å²) in [7, 11) is 0. The average molecular weight is 391 g/mol. The third-order valence-corrected chi connectivity index (χ3v) is 5.57. The fraction of sp³-hybridized carbons (Fsp3) is 0.444. The summed E-state index contributed by atoms with van der Waals surface area (Å²) in [5.41, 5.74) is 1.67. The van der Waals surface area contributed by atoms with Crippen molar-refractivity contribution in [2.75, 3.05) is 11.9 Å². The first-order chi connectivity index (χ1) is 13.0. The van der Waals surface area contributed by atoms with Gasteiger partial charge in [-0.25, -0.2) is 4.79 Å². The molecule has 0 saturated heterocycles. The van der Waals surface area contributed by atoms with Crippen LogP contribution in [0.5, 0.6) is 0 Å². The van der Waals surface area contributed by atoms with Crippen LogP contribution in [0.3, 0.4) is 0 Å². The number of carbonyl (C=O) groups excluding carboxylic acids is 2. The first kappa shape index (κ1) is 19.1. The van der Waals surface area contributed by atoms with Crippen molar-refractivity contribution < 1.29 is 24.2 Å². The predicted molar refractivity (Wildman–Crippen MR) is 99.4 cm³/mol. The standard InChI is InChI=1S/C18H21N3O5S/c1-2-26-18(25)15-11-5-3-4-6-13(11)27-17(15)20-16(24)12-7-9-19-21(12)10-8-14(22)23/h7,9H,2-6,8,10H2,1H3,(H,20,24)(H,22,23). The second kappa shape index (κ2) is 8.34. The van der Waals surface area contributed by atoms with Crippen LogP contribution in [-0.2, 0) is 28.9 Å². The highest BCUT2D eigenvalue weighted by Gasteiger charge is 2.28. The number of aryl methyl sites for hydroxylation is 2. The van der Waals surface area contributed by atoms with Crippen molar-refractivity contribution in [3.8, 4) is 0 Å². The topological polar surface area (TPSA) is 111 Å². The molecule has 0 saturated carbocycles. The van der Waals surface area contributed by atoms with Crippen LogP contribution in [0.25, 0.3) is 0 Å². The Bertz CT molecular complexity index is 870. The summed E-state index contributed by atoms with van der Waals surface area (Å²) in [6.45, 7) is 2.10. The van der Waals surface area contributed by atoms with E-state index >= 15 is 0 Å². The monoisotopic (exact) mass is 391 g/mol. The largest absolute Gasteiger partial charge is 0.481 e. The van der Waals surface area contributed by atoms with E-state index in [9.17, 15) is 14.4 Å². The van der Waals surface area contributed by atoms with Crippen LogP contribution in [0.4, 0.5) is 5.00 Å². The van der Waals surface area contributed by atoms with Gasteiger partial charge in [0.2, 0.25) is 0 Å². The molecule has 1 aliphatic rings. The number of rotatable bonds is 7. The molecule has 144 valence electrons. The number of hydrogen-bond acceptors (Lipinski definition) is 6. The summed E-state index contributed by atoms with van der Waals surface area (Å²) in [5, 5.41) is 16.1. The lowest BCUT2D eigenvalue weighted by Gasteiger charge is -2.12. The summed E-state index contributed by atoms with van der Waals surface area (Å²) >= 11 is 1.41. The summed E-state index contributed by atoms with van der Waals surface area (Å²) < 4.78 is 6.54. The number of amides is 1. The van der Waals surface area contributed by atoms with Crippen LogP contribution in [-0.4, -0.2) is 39.3 Å². The van der Waals surface area contributed by atoms with E-state index in [-0.39, 0.29) is 25.3 Å². The maximum atomic E-state index is 12.7. The van der Waals surface area contributed by atoms with E-state index in [0.29, 0.717) is 10.6 Å². The van der Waals surface area contributed by atoms with Crippen LogP contribution >= 0.6 is 11.3 Å². The Morgan fingerprint density at radius 1 is 1.33 bits per heavy atom. The fourth-order valence-electron chi connectivity index (χ4n) is 3.15. The molecule has 8 nitrogen and oxygen atoms in total. The Kier molecular flexibility index (Phi) is 5.90. The second-order valence-corrected chi connectivity index (χ2v) is 7.28. The van der Waals surface area contributed by atoms with Crippen LogP contribution < -0.4 is 5.32 Å². The van der Waals surface area contributed by atoms with Gasteiger partial charge in [-0.15, -0.1) is 11.3 Å². The fourth-order valence-corrected chi connectivity index (χ4v) is 4.42. The third kappa shape index (κ3) is 4.19. The summed E-state index contributed by atoms with van der Waals surface area (Å²) in [4.78, 5) is 37.1. The molecule has 2 aromatic heterocycles. The minimum atomic E-state index is -0.965. The average Bonchev–Trinajstić information content (AvgIpc) is 3.24. The van der Waals surface area contributed by atoms with Crippen LogP contribution in [0, 0.1) is 0 Å². The lowest BCUT2D eigenvalue weighted by Crippen LogP contribution is -2.20. The minimum absolute atomic E-state index is 0.0940. The summed E-state index contributed by atoms with van der Waals surface area (Å²) in [5.74, 6) is -1.82. The van der Waals surface area contributed by atoms with Gasteiger partial charge >= 0.3 is 11.9 Å². The number of hydrogen-bond donors (Lipinski definition) is 2. The Hall–Kier alpha value is -2.68. The Balaban J connectivity index is 1.86. The molecule has 0 bridgehead atoms. The van der Waals surface area contributed by atoms with E-state index in [4.69, 9.17) is 9.84 Å². The molecule has 0 spiro atoms. The van der Waals surface area contributed by atoms with E-state index in [0.717, 1.165) is 36.1 Å². The maximum Gasteiger partial charge on any atom is 0.341 e. The number of nitrogens with zero attached hydrogens (tertiary/aromatic N) is 2. The first-order valence-electron chi connectivity index (χ1n) is 8.87. The molecular weight excluding hydrogens is 370 g/mol. The summed E-state index contributed by atoms with van der Waals surface area (Å²) in [6.07, 6.45) is 5.06. The number of esters is 1. The Morgan fingerprint density at radius 2 is 2.11 bits per heavy atom. The molecule has 9 heteroatoms. The van der Waals surface area contributed by atoms with Gasteiger partial charge in [0.15, 0.2) is 0 Å². The van der Waals surface area contributed by atoms with Gasteiger partial charge < -0.3 is 15.2 Å². The molecule has 1 aliphatic carbocycles. The Morgan fingerprint density at radius 3 is 2.85 bits per heavy atom. The number of ether oxygens (including phenoxy) is 1. The molecular formula is C18H21N3O5S. The first-order valence-corrected chi connectivity index (χ1v) is 9.69. The molecule has 0 radical (unpaired) electrons. The molecule has 3 rings (SSSR count). The highest BCUT2D eigenvalue weighted by molar-refractivity contribution is 7.17. The molecule has 0 fully saturated rings. The van der Waals surface area contributed by atoms with Crippen molar-refractivity contribution in [1.82, 2.24) is 9.78 Å². The molecule has 1 amide bonds. The molecule has 0 atom stereocenters. The highest BCUT2D eigenvalue weighted by atomic mass is 32.1. The van der Waals surface area contributed by atoms with Crippen molar-refractivity contribution in [2.45, 2.75) is 45.6 Å². The predicted octanol–water partition coefficient (Wildman–Crippen LogP) is 2.73. The number of carbonyl (C=O) groups is 3. The molecule has 2 aromatic rings. The van der Waals surface area contributed by atoms with Gasteiger partial charge in [-0.3, -0.25) is 14.3 Å². The van der Waals surface area contributed by atoms with E-state index < -0.39 is 17.8 Å². The number of carboxylic acid groups (broad SMARTS) is 1. The van der Waals surface area contributed by atoms with E-state index in [1.54, 1.807) is 6.92 Å². The van der Waals surface area contributed by atoms with Gasteiger partial charge in [0.1, 0.15) is 10.7 Å². The number of anilines is 1. The van der Waals surface area contributed by atoms with Crippen molar-refractivity contribution >= 4 is 34.2 Å². The van der Waals surface area contributed by atoms with Crippen molar-refractivity contribution in [3.05, 3.63) is 34.0 Å². The molecule has 0 unspecified atom stereocenters. The lowest BCUT2D eigenvalue weighted by atomic mass is 9.95. The smallest absolute Gasteiger partial charge is 0.341 e. The molecule has 2 N–H and O–H groups in total. The van der Waals surface area contributed by atoms with Crippen molar-refractivity contribution in [2.24, 2.45) is 0 Å². The highest BCUT2D eigenvalue weighted by Crippen LogP contribution is 2.38. The zero-order valence-electron chi connectivity index (χ0n) is 15.0. The van der Waals surface area contributed by atoms with Gasteiger partial charge in [-0.2, -0.15) is 5.10 Å². The van der Waals surface area contributed by atoms with Gasteiger partial charge in [0, 0.05) is 11.1 Å². The van der Waals surface area contributed by atoms with Crippen LogP contribution in [0.2, 0.25) is 0 Å². The lowest BCUT2D eigenvalue weighted by molar-refractivity contribution is -0.137. The van der Waals surface area contributed by atoms with Gasteiger partial charge in [0.05, 0.1) is 25.1 Å². The number of fused-ring (bicyclic) bond motifs is 1. The zero-order chi connectivity index (χ0) is 19.4. The SMILES string of the molecule is CCOC(=O)c1c(NC(=O)c2ccnn2CCC(=O)O)sc2c1CCCC2. The van der Waals surface area contributed by atoms with Crippen molar-refractivity contribution in [3.63, 3.8) is 0 Å². The number of thiophene rings is 1. The van der Waals surface area contributed by atoms with E-state index in [1.807, 2.05) is 0 Å². The van der Waals surface area contributed by atoms with Crippen LogP contribution in [0.15, 0.2) is 12.3 Å². The quantitative estimate of drug-likeness (QED) is 0.702. The Labute approximate surface area is 160 Å². The normalized spacial score (nSPS) is 13.1. The number of aliphatic carboxylic acids is 1. The minimum Gasteiger partial charge on any atom is -0.481 e. The van der Waals surface area contributed by atoms with Gasteiger partial charge in [-0.1, -0.05) is 0 Å². The third-order valence-electron chi connectivity index (χ3n) is 4.36. The number of carboxylic acids is 1. The summed E-state index contributed by atoms with van der Waals surface area (Å²) in [6, 6.07) is 1.52. The maximum absolute atomic E-state index is 12.7. The van der Waals surface area contributed by atoms with Gasteiger partial charge in [0.25, 0.3) is 5.91 Å². The van der Waals surface area contributed by atoms with Crippen molar-refractivity contribution in [1.29, 1.82) is 0 Å². The molecule has 27 heavy (non-hydrogen) atoms. The molecule has 2 heterocycles. The molecule has 0 aromatic carbocycles. The van der Waals surface area contributed by atoms with E-state index in [1.165, 1.54) is 28.3 Å². The van der Waals surface area contributed by atoms with Gasteiger partial charge in [-0.05, 0) is 44.2 Å². The number of aromatic nitrogens is 2. The second-order valence-electron chi connectivity index (χ2n) is 6.17. The number of nitrogens with one attached hydrogen (secondary N) is 1. The zero-order valence-corrected chi connectivity index (χ0v) is 15.8. The van der Waals surface area contributed by atoms with E-state index in [2.05, 4.69) is 10.4 Å². The van der Waals surface area contributed by atoms with Crippen LogP contribution in [0.1, 0.15) is 57.5 Å².